The summed E-state index contributed by atoms with van der Waals surface area (Å²) in [6, 6.07) is 6.72. The standard InChI is InChI=1S/C11H10IN2O4P.C6H10INO/c12-14(19(17)18)10(11(15)16)5-7-6-13-9-4-2-1-3-8(7)9;1-4(2)3-5-6(9)8(5)7/h1-4,6,10,13H,5H2,(H-,15,16,17,18);4-5H,3H2,1-2H3/p+1. The molecule has 1 saturated heterocycles. The van der Waals surface area contributed by atoms with Crippen LogP contribution in [0, 0.1) is 5.92 Å². The second-order valence-electron chi connectivity index (χ2n) is 6.75. The minimum Gasteiger partial charge on any atom is -0.480 e. The molecular formula is C17H21I2N3O5P+. The number of aromatic amines is 1. The normalized spacial score (nSPS) is 17.5. The number of amides is 1. The number of aliphatic carboxylic acids is 1. The van der Waals surface area contributed by atoms with Crippen molar-refractivity contribution in [3.05, 3.63) is 36.0 Å². The van der Waals surface area contributed by atoms with Crippen LogP contribution in [0.25, 0.3) is 10.9 Å². The van der Waals surface area contributed by atoms with Gasteiger partial charge in [0.15, 0.2) is 6.04 Å². The molecule has 11 heteroatoms. The summed E-state index contributed by atoms with van der Waals surface area (Å²) >= 11 is 3.63. The van der Waals surface area contributed by atoms with Crippen LogP contribution in [0.15, 0.2) is 30.5 Å². The molecule has 0 bridgehead atoms. The van der Waals surface area contributed by atoms with Gasteiger partial charge in [0.2, 0.25) is 0 Å². The molecular weight excluding hydrogens is 611 g/mol. The fourth-order valence-corrected chi connectivity index (χ4v) is 4.23. The van der Waals surface area contributed by atoms with E-state index in [1.54, 1.807) is 32.2 Å². The predicted octanol–water partition coefficient (Wildman–Crippen LogP) is 4.06. The molecule has 1 amide bonds. The number of nitrogens with zero attached hydrogens (tertiary/aromatic N) is 2. The van der Waals surface area contributed by atoms with Gasteiger partial charge < -0.3 is 10.1 Å². The zero-order chi connectivity index (χ0) is 21.0. The quantitative estimate of drug-likeness (QED) is 0.184. The van der Waals surface area contributed by atoms with Crippen LogP contribution in [0.2, 0.25) is 0 Å². The highest BCUT2D eigenvalue weighted by molar-refractivity contribution is 14.1. The van der Waals surface area contributed by atoms with Crippen LogP contribution in [0.1, 0.15) is 25.8 Å². The Morgan fingerprint density at radius 1 is 1.39 bits per heavy atom. The van der Waals surface area contributed by atoms with Gasteiger partial charge in [-0.1, -0.05) is 32.0 Å². The molecule has 0 spiro atoms. The molecule has 1 aliphatic rings. The number of carboxylic acids is 1. The van der Waals surface area contributed by atoms with Gasteiger partial charge in [-0.2, -0.15) is 0 Å². The van der Waals surface area contributed by atoms with E-state index in [0.29, 0.717) is 11.8 Å². The monoisotopic (exact) mass is 632 g/mol. The van der Waals surface area contributed by atoms with E-state index < -0.39 is 20.2 Å². The zero-order valence-corrected chi connectivity index (χ0v) is 20.5. The molecule has 8 nitrogen and oxygen atoms in total. The molecule has 0 saturated carbocycles. The molecule has 0 radical (unpaired) electrons. The number of benzene rings is 1. The van der Waals surface area contributed by atoms with Gasteiger partial charge in [0.25, 0.3) is 5.91 Å². The lowest BCUT2D eigenvalue weighted by Crippen LogP contribution is -2.32. The number of hydrogen-bond acceptors (Lipinski definition) is 3. The third-order valence-corrected chi connectivity index (χ3v) is 7.72. The first kappa shape index (κ1) is 23.5. The Hall–Kier alpha value is -0.820. The fraction of sp³-hybridized carbons (Fsp3) is 0.412. The van der Waals surface area contributed by atoms with Gasteiger partial charge in [-0.25, -0.2) is 0 Å². The summed E-state index contributed by atoms with van der Waals surface area (Å²) in [6.45, 7) is 4.27. The van der Waals surface area contributed by atoms with Crippen molar-refractivity contribution in [2.24, 2.45) is 5.92 Å². The Labute approximate surface area is 191 Å². The molecule has 28 heavy (non-hydrogen) atoms. The second kappa shape index (κ2) is 10.3. The van der Waals surface area contributed by atoms with Crippen molar-refractivity contribution in [1.29, 1.82) is 0 Å². The van der Waals surface area contributed by atoms with E-state index in [1.807, 2.05) is 24.3 Å². The minimum absolute atomic E-state index is 0.157. The van der Waals surface area contributed by atoms with E-state index in [2.05, 4.69) is 41.7 Å². The summed E-state index contributed by atoms with van der Waals surface area (Å²) in [5, 5.41) is 10.1. The zero-order valence-electron chi connectivity index (χ0n) is 15.2. The summed E-state index contributed by atoms with van der Waals surface area (Å²) in [7, 11) is -2.68. The van der Waals surface area contributed by atoms with Crippen LogP contribution in [0.3, 0.4) is 0 Å². The van der Waals surface area contributed by atoms with E-state index in [-0.39, 0.29) is 12.5 Å². The van der Waals surface area contributed by atoms with E-state index in [0.717, 1.165) is 25.8 Å². The number of para-hydroxylation sites is 1. The number of rotatable bonds is 7. The van der Waals surface area contributed by atoms with E-state index in [9.17, 15) is 14.2 Å². The molecule has 3 unspecified atom stereocenters. The molecule has 3 atom stereocenters. The van der Waals surface area contributed by atoms with Gasteiger partial charge in [-0.05, 0) is 28.5 Å². The number of halogens is 2. The maximum Gasteiger partial charge on any atom is 0.623 e. The maximum absolute atomic E-state index is 11.2. The molecule has 1 aliphatic heterocycles. The minimum atomic E-state index is -2.68. The Morgan fingerprint density at radius 2 is 2.00 bits per heavy atom. The average molecular weight is 632 g/mol. The SMILES string of the molecule is CC(C)CC1C(=O)N1I.O=C(O)C(Cc1c[nH]c2ccccc12)N(I)[P+](=O)O. The highest BCUT2D eigenvalue weighted by atomic mass is 127. The highest BCUT2D eigenvalue weighted by Crippen LogP contribution is 2.32. The van der Waals surface area contributed by atoms with Gasteiger partial charge in [-0.3, -0.25) is 12.7 Å². The van der Waals surface area contributed by atoms with Crippen molar-refractivity contribution in [3.63, 3.8) is 0 Å². The molecule has 2 heterocycles. The second-order valence-corrected chi connectivity index (χ2v) is 10.5. The lowest BCUT2D eigenvalue weighted by Gasteiger charge is -2.11. The van der Waals surface area contributed by atoms with Crippen LogP contribution < -0.4 is 0 Å². The predicted molar refractivity (Wildman–Crippen MR) is 123 cm³/mol. The van der Waals surface area contributed by atoms with Crippen molar-refractivity contribution in [2.75, 3.05) is 0 Å². The number of fused-ring (bicyclic) bond motifs is 1. The summed E-state index contributed by atoms with van der Waals surface area (Å²) in [4.78, 5) is 34.0. The number of carboxylic acid groups (broad SMARTS) is 1. The van der Waals surface area contributed by atoms with Crippen LogP contribution in [-0.4, -0.2) is 44.9 Å². The summed E-state index contributed by atoms with van der Waals surface area (Å²) < 4.78 is 13.7. The summed E-state index contributed by atoms with van der Waals surface area (Å²) in [5.41, 5.74) is 1.72. The number of nitrogens with one attached hydrogen (secondary N) is 1. The van der Waals surface area contributed by atoms with Gasteiger partial charge in [-0.15, -0.1) is 4.89 Å². The Morgan fingerprint density at radius 3 is 2.46 bits per heavy atom. The van der Waals surface area contributed by atoms with Gasteiger partial charge in [0.05, 0.1) is 45.7 Å². The third kappa shape index (κ3) is 6.09. The highest BCUT2D eigenvalue weighted by Gasteiger charge is 2.44. The van der Waals surface area contributed by atoms with Gasteiger partial charge >= 0.3 is 14.1 Å². The van der Waals surface area contributed by atoms with Crippen molar-refractivity contribution in [2.45, 2.75) is 38.8 Å². The Balaban J connectivity index is 0.000000261. The maximum atomic E-state index is 11.2. The molecule has 3 N–H and O–H groups in total. The number of H-pyrrole nitrogens is 1. The lowest BCUT2D eigenvalue weighted by molar-refractivity contribution is -0.140. The molecule has 1 aromatic heterocycles. The molecule has 1 aromatic carbocycles. The van der Waals surface area contributed by atoms with Crippen molar-refractivity contribution < 1.29 is 24.2 Å². The Bertz CT molecular complexity index is 875. The van der Waals surface area contributed by atoms with E-state index in [1.165, 1.54) is 0 Å². The molecule has 3 rings (SSSR count). The summed E-state index contributed by atoms with van der Waals surface area (Å²) in [5.74, 6) is -0.194. The lowest BCUT2D eigenvalue weighted by atomic mass is 10.1. The van der Waals surface area contributed by atoms with E-state index in [4.69, 9.17) is 10.00 Å². The molecule has 2 aromatic rings. The van der Waals surface area contributed by atoms with Crippen molar-refractivity contribution in [3.8, 4) is 0 Å². The first-order chi connectivity index (χ1) is 13.1. The number of aromatic nitrogens is 1. The van der Waals surface area contributed by atoms with Gasteiger partial charge in [0, 0.05) is 26.4 Å². The molecule has 1 fully saturated rings. The van der Waals surface area contributed by atoms with Crippen molar-refractivity contribution >= 4 is 76.7 Å². The van der Waals surface area contributed by atoms with Crippen molar-refractivity contribution in [1.82, 2.24) is 11.0 Å². The van der Waals surface area contributed by atoms with Gasteiger partial charge in [0.1, 0.15) is 6.04 Å². The fourth-order valence-electron chi connectivity index (χ4n) is 2.71. The topological polar surface area (TPSA) is 114 Å². The number of hydrogen-bond donors (Lipinski definition) is 3. The molecule has 0 aliphatic carbocycles. The van der Waals surface area contributed by atoms with Crippen LogP contribution in [0.5, 0.6) is 0 Å². The van der Waals surface area contributed by atoms with Crippen LogP contribution in [-0.2, 0) is 20.6 Å². The first-order valence-electron chi connectivity index (χ1n) is 8.51. The third-order valence-electron chi connectivity index (χ3n) is 4.19. The van der Waals surface area contributed by atoms with Crippen LogP contribution in [0.4, 0.5) is 0 Å². The smallest absolute Gasteiger partial charge is 0.480 e. The van der Waals surface area contributed by atoms with Crippen LogP contribution >= 0.6 is 53.9 Å². The average Bonchev–Trinajstić information content (AvgIpc) is 3.04. The number of carbonyl (C=O) groups excluding carboxylic acids is 1. The molecule has 152 valence electrons. The Kier molecular flexibility index (Phi) is 8.61. The first-order valence-corrected chi connectivity index (χ1v) is 11.6. The largest absolute Gasteiger partial charge is 0.623 e. The summed E-state index contributed by atoms with van der Waals surface area (Å²) in [6.07, 6.45) is 2.90. The van der Waals surface area contributed by atoms with E-state index >= 15 is 0 Å². The number of carbonyl (C=O) groups is 2.